The summed E-state index contributed by atoms with van der Waals surface area (Å²) >= 11 is 0. The van der Waals surface area contributed by atoms with Crippen LogP contribution in [0.1, 0.15) is 13.3 Å². The lowest BCUT2D eigenvalue weighted by Gasteiger charge is -2.49. The van der Waals surface area contributed by atoms with Gasteiger partial charge >= 0.3 is 10.4 Å². The molecule has 1 aliphatic carbocycles. The Morgan fingerprint density at radius 1 is 1.00 bits per heavy atom. The highest BCUT2D eigenvalue weighted by Crippen LogP contribution is 2.32. The van der Waals surface area contributed by atoms with Crippen LogP contribution in [0.2, 0.25) is 0 Å². The fourth-order valence-corrected chi connectivity index (χ4v) is 5.22. The van der Waals surface area contributed by atoms with Crippen LogP contribution in [0, 0.1) is 0 Å². The molecule has 2 heterocycles. The number of hydrogen-bond donors (Lipinski definition) is 14. The Morgan fingerprint density at radius 3 is 2.09 bits per heavy atom. The topological polar surface area (TPSA) is 372 Å². The molecule has 0 aromatic heterocycles. The number of amides is 1. The number of aliphatic hydroxyl groups excluding tert-OH is 6. The zero-order chi connectivity index (χ0) is 33.7. The summed E-state index contributed by atoms with van der Waals surface area (Å²) in [6.45, 7) is 0.634. The summed E-state index contributed by atoms with van der Waals surface area (Å²) in [6.07, 6.45) is -16.3. The van der Waals surface area contributed by atoms with E-state index >= 15 is 0 Å². The highest BCUT2D eigenvalue weighted by Gasteiger charge is 2.53. The average molecular weight is 668 g/mol. The number of rotatable bonds is 9. The normalized spacial score (nSPS) is 43.8. The minimum atomic E-state index is -4.67. The molecule has 260 valence electrons. The Kier molecular flexibility index (Phi) is 14.2. The van der Waals surface area contributed by atoms with Crippen LogP contribution in [0.5, 0.6) is 0 Å². The second-order valence-corrected chi connectivity index (χ2v) is 11.8. The van der Waals surface area contributed by atoms with Gasteiger partial charge in [-0.15, -0.1) is 0 Å². The summed E-state index contributed by atoms with van der Waals surface area (Å²) in [6, 6.07) is -2.92. The minimum absolute atomic E-state index is 0.0836. The summed E-state index contributed by atoms with van der Waals surface area (Å²) in [4.78, 5) is 12.4. The average Bonchev–Trinajstić information content (AvgIpc) is 2.92. The van der Waals surface area contributed by atoms with Gasteiger partial charge in [-0.2, -0.15) is 8.42 Å². The molecule has 2 saturated heterocycles. The van der Waals surface area contributed by atoms with Crippen molar-refractivity contribution >= 4 is 16.3 Å². The smallest absolute Gasteiger partial charge is 0.388 e. The lowest BCUT2D eigenvalue weighted by Crippen LogP contribution is -2.70. The number of nitrogens with one attached hydrogen (secondary N) is 2. The molecule has 1 saturated carbocycles. The second kappa shape index (κ2) is 16.0. The summed E-state index contributed by atoms with van der Waals surface area (Å²) in [7, 11) is -3.14. The van der Waals surface area contributed by atoms with Gasteiger partial charge in [0.05, 0.1) is 18.7 Å². The van der Waals surface area contributed by atoms with E-state index in [1.165, 1.54) is 14.0 Å². The van der Waals surface area contributed by atoms with Crippen molar-refractivity contribution < 1.29 is 77.0 Å². The molecule has 2 aliphatic heterocycles. The van der Waals surface area contributed by atoms with Gasteiger partial charge in [0, 0.05) is 19.1 Å². The van der Waals surface area contributed by atoms with Crippen molar-refractivity contribution in [2.24, 2.45) is 17.2 Å². The Balaban J connectivity index is 0.00000125. The van der Waals surface area contributed by atoms with Gasteiger partial charge < -0.3 is 82.5 Å². The van der Waals surface area contributed by atoms with Gasteiger partial charge in [0.2, 0.25) is 5.91 Å². The summed E-state index contributed by atoms with van der Waals surface area (Å²) < 4.78 is 54.3. The quantitative estimate of drug-likeness (QED) is 0.101. The van der Waals surface area contributed by atoms with Crippen LogP contribution >= 0.6 is 0 Å². The van der Waals surface area contributed by atoms with Gasteiger partial charge in [-0.3, -0.25) is 13.9 Å². The first-order valence-corrected chi connectivity index (χ1v) is 14.9. The van der Waals surface area contributed by atoms with E-state index in [1.54, 1.807) is 0 Å². The molecule has 22 heteroatoms. The number of carbonyl (C=O) groups excluding carboxylic acids is 1. The van der Waals surface area contributed by atoms with E-state index in [2.05, 4.69) is 10.6 Å². The van der Waals surface area contributed by atoms with Crippen LogP contribution < -0.4 is 27.8 Å². The molecule has 3 rings (SSSR count). The molecule has 15 atom stereocenters. The van der Waals surface area contributed by atoms with Gasteiger partial charge in [0.1, 0.15) is 60.5 Å². The highest BCUT2D eigenvalue weighted by atomic mass is 32.3. The Labute approximate surface area is 252 Å². The Morgan fingerprint density at radius 2 is 1.57 bits per heavy atom. The zero-order valence-electron chi connectivity index (χ0n) is 23.9. The van der Waals surface area contributed by atoms with E-state index in [0.717, 1.165) is 0 Å². The molecular weight excluding hydrogens is 622 g/mol. The number of hydrogen-bond acceptors (Lipinski definition) is 18. The summed E-state index contributed by atoms with van der Waals surface area (Å²) in [5.41, 5.74) is 15.8. The van der Waals surface area contributed by atoms with Gasteiger partial charge in [0.25, 0.3) is 0 Å². The van der Waals surface area contributed by atoms with E-state index < -0.39 is 108 Å². The maximum absolute atomic E-state index is 12.4. The summed E-state index contributed by atoms with van der Waals surface area (Å²) in [5.74, 6) is -0.857. The lowest BCUT2D eigenvalue weighted by atomic mass is 9.83. The van der Waals surface area contributed by atoms with Crippen molar-refractivity contribution in [1.82, 2.24) is 10.6 Å². The van der Waals surface area contributed by atoms with Crippen LogP contribution in [0.3, 0.4) is 0 Å². The van der Waals surface area contributed by atoms with E-state index in [4.69, 9.17) is 53.7 Å². The fourth-order valence-electron chi connectivity index (χ4n) is 5.22. The molecule has 21 nitrogen and oxygen atoms in total. The van der Waals surface area contributed by atoms with E-state index in [0.29, 0.717) is 0 Å². The molecule has 3 fully saturated rings. The van der Waals surface area contributed by atoms with Crippen molar-refractivity contribution in [3.8, 4) is 0 Å². The van der Waals surface area contributed by atoms with Gasteiger partial charge in [-0.05, 0) is 20.4 Å². The predicted octanol–water partition coefficient (Wildman–Crippen LogP) is -8.18. The van der Waals surface area contributed by atoms with Gasteiger partial charge in [-0.25, -0.2) is 0 Å². The van der Waals surface area contributed by atoms with E-state index in [-0.39, 0.29) is 26.1 Å². The van der Waals surface area contributed by atoms with Crippen LogP contribution in [-0.4, -0.2) is 177 Å². The highest BCUT2D eigenvalue weighted by molar-refractivity contribution is 7.79. The van der Waals surface area contributed by atoms with E-state index in [9.17, 15) is 40.5 Å². The fraction of sp³-hybridized carbons (Fsp3) is 0.955. The second-order valence-electron chi connectivity index (χ2n) is 10.9. The first-order chi connectivity index (χ1) is 20.3. The van der Waals surface area contributed by atoms with Gasteiger partial charge in [0.15, 0.2) is 12.6 Å². The van der Waals surface area contributed by atoms with Gasteiger partial charge in [-0.1, -0.05) is 0 Å². The largest absolute Gasteiger partial charge is 0.394 e. The number of carbonyl (C=O) groups is 1. The third-order valence-electron chi connectivity index (χ3n) is 7.50. The molecule has 0 aromatic carbocycles. The molecule has 1 amide bonds. The van der Waals surface area contributed by atoms with Crippen LogP contribution in [0.4, 0.5) is 0 Å². The van der Waals surface area contributed by atoms with Crippen LogP contribution in [0.25, 0.3) is 0 Å². The maximum atomic E-state index is 12.4. The summed E-state index contributed by atoms with van der Waals surface area (Å²) in [5, 5.41) is 78.5. The molecule has 0 radical (unpaired) electrons. The maximum Gasteiger partial charge on any atom is 0.394 e. The van der Waals surface area contributed by atoms with Crippen molar-refractivity contribution in [3.05, 3.63) is 0 Å². The van der Waals surface area contributed by atoms with Crippen LogP contribution in [0.15, 0.2) is 0 Å². The SMILES string of the molecule is CN[C@H]1[C@@H](O)C(O[C@@H]2[C@@H](O)[C@H](OC3O[C@H](CN)[C@@H](O)[C@H](O)[C@H]3O)[C@@H](N)C[C@@H]2NC(=O)C(O)CN)OC[C@]1(C)O.O=S(=O)(O)O. The Bertz CT molecular complexity index is 1020. The molecule has 17 N–H and O–H groups in total. The number of aliphatic hydroxyl groups is 7. The van der Waals surface area contributed by atoms with Crippen molar-refractivity contribution in [3.63, 3.8) is 0 Å². The van der Waals surface area contributed by atoms with Crippen molar-refractivity contribution in [1.29, 1.82) is 0 Å². The number of nitrogens with two attached hydrogens (primary N) is 3. The zero-order valence-corrected chi connectivity index (χ0v) is 24.8. The number of ether oxygens (including phenoxy) is 4. The number of likely N-dealkylation sites (N-methyl/N-ethyl adjacent to an activating group) is 1. The third kappa shape index (κ3) is 9.87. The molecule has 3 unspecified atom stereocenters. The van der Waals surface area contributed by atoms with E-state index in [1.807, 2.05) is 0 Å². The molecule has 0 spiro atoms. The minimum Gasteiger partial charge on any atom is -0.388 e. The molecule has 0 aromatic rings. The third-order valence-corrected chi connectivity index (χ3v) is 7.50. The first-order valence-electron chi connectivity index (χ1n) is 13.5. The van der Waals surface area contributed by atoms with Crippen molar-refractivity contribution in [2.75, 3.05) is 26.7 Å². The lowest BCUT2D eigenvalue weighted by molar-refractivity contribution is -0.330. The molecule has 3 aliphatic rings. The first kappa shape index (κ1) is 38.9. The predicted molar refractivity (Wildman–Crippen MR) is 144 cm³/mol. The van der Waals surface area contributed by atoms with Crippen molar-refractivity contribution in [2.45, 2.75) is 105 Å². The van der Waals surface area contributed by atoms with Crippen LogP contribution in [-0.2, 0) is 34.1 Å². The standard InChI is InChI=1S/C22H43N5O12.H2O4S/c1-22(35)6-36-20(15(33)18(22)26-2)39-17-8(27-19(34)9(28)4-23)3-7(25)16(14(17)32)38-21-13(31)12(30)11(29)10(5-24)37-21;1-5(2,3)4/h7-18,20-21,26,28-33,35H,3-6,23-25H2,1-2H3,(H,27,34);(H2,1,2,3,4)/t7-,8-,9?,10+,11+,12-,13+,14-,15+,16+,17-,18-,20?,21?,22-;/m0./s1. The molecular formula is C22H45N5O16S. The molecule has 0 bridgehead atoms. The Hall–Kier alpha value is -1.26. The monoisotopic (exact) mass is 667 g/mol. The molecule has 44 heavy (non-hydrogen) atoms.